The number of aliphatic hydroxyl groups excluding tert-OH is 1. The summed E-state index contributed by atoms with van der Waals surface area (Å²) >= 11 is 0. The van der Waals surface area contributed by atoms with Crippen LogP contribution in [0.25, 0.3) is 0 Å². The second kappa shape index (κ2) is 6.02. The fourth-order valence-electron chi connectivity index (χ4n) is 3.55. The zero-order valence-electron chi connectivity index (χ0n) is 11.5. The monoisotopic (exact) mass is 254 g/mol. The number of carbonyl (C=O) groups is 1. The van der Waals surface area contributed by atoms with E-state index in [-0.39, 0.29) is 18.1 Å². The van der Waals surface area contributed by atoms with Gasteiger partial charge in [-0.15, -0.1) is 0 Å². The number of aliphatic hydroxyl groups is 1. The molecule has 1 amide bonds. The molecule has 0 aromatic rings. The van der Waals surface area contributed by atoms with Gasteiger partial charge < -0.3 is 15.3 Å². The fraction of sp³-hybridized carbons (Fsp3) is 0.929. The van der Waals surface area contributed by atoms with Gasteiger partial charge in [0.1, 0.15) is 0 Å². The number of nitrogens with one attached hydrogen (secondary N) is 1. The van der Waals surface area contributed by atoms with Crippen LogP contribution in [0.4, 0.5) is 0 Å². The Morgan fingerprint density at radius 2 is 2.17 bits per heavy atom. The smallest absolute Gasteiger partial charge is 0.229 e. The van der Waals surface area contributed by atoms with E-state index >= 15 is 0 Å². The maximum Gasteiger partial charge on any atom is 0.229 e. The second-order valence-electron chi connectivity index (χ2n) is 5.76. The number of hydrogen-bond acceptors (Lipinski definition) is 3. The van der Waals surface area contributed by atoms with Crippen molar-refractivity contribution in [3.63, 3.8) is 0 Å². The van der Waals surface area contributed by atoms with E-state index in [1.165, 1.54) is 0 Å². The van der Waals surface area contributed by atoms with Gasteiger partial charge in [0, 0.05) is 6.54 Å². The van der Waals surface area contributed by atoms with Gasteiger partial charge in [-0.1, -0.05) is 13.3 Å². The minimum absolute atomic E-state index is 0.0705. The van der Waals surface area contributed by atoms with Crippen LogP contribution in [0, 0.1) is 5.41 Å². The van der Waals surface area contributed by atoms with Crippen molar-refractivity contribution in [1.82, 2.24) is 10.2 Å². The Morgan fingerprint density at radius 1 is 1.44 bits per heavy atom. The number of rotatable bonds is 4. The number of amides is 1. The first-order valence-corrected chi connectivity index (χ1v) is 7.36. The van der Waals surface area contributed by atoms with Gasteiger partial charge in [-0.2, -0.15) is 0 Å². The maximum atomic E-state index is 12.9. The highest BCUT2D eigenvalue weighted by Crippen LogP contribution is 2.38. The van der Waals surface area contributed by atoms with Gasteiger partial charge in [-0.05, 0) is 45.2 Å². The highest BCUT2D eigenvalue weighted by atomic mass is 16.3. The first-order chi connectivity index (χ1) is 8.73. The standard InChI is InChI=1S/C14H26N2O2/c1-2-5-14(6-8-15-9-7-14)13(18)16-10-3-4-12(16)11-17/h12,15,17H,2-11H2,1H3. The molecule has 2 aliphatic rings. The molecule has 4 nitrogen and oxygen atoms in total. The summed E-state index contributed by atoms with van der Waals surface area (Å²) in [5.74, 6) is 0.308. The minimum atomic E-state index is -0.155. The lowest BCUT2D eigenvalue weighted by Gasteiger charge is -2.40. The van der Waals surface area contributed by atoms with Crippen molar-refractivity contribution in [2.75, 3.05) is 26.2 Å². The Kier molecular flexibility index (Phi) is 4.62. The van der Waals surface area contributed by atoms with E-state index in [1.54, 1.807) is 0 Å². The summed E-state index contributed by atoms with van der Waals surface area (Å²) in [5.41, 5.74) is -0.155. The molecule has 2 heterocycles. The Balaban J connectivity index is 2.12. The normalized spacial score (nSPS) is 27.4. The zero-order chi connectivity index (χ0) is 13.0. The molecule has 2 saturated heterocycles. The van der Waals surface area contributed by atoms with Gasteiger partial charge in [0.15, 0.2) is 0 Å². The third-order valence-corrected chi connectivity index (χ3v) is 4.59. The first-order valence-electron chi connectivity index (χ1n) is 7.36. The van der Waals surface area contributed by atoms with Crippen LogP contribution < -0.4 is 5.32 Å². The van der Waals surface area contributed by atoms with Crippen LogP contribution in [0.3, 0.4) is 0 Å². The molecule has 0 radical (unpaired) electrons. The predicted molar refractivity (Wildman–Crippen MR) is 71.3 cm³/mol. The highest BCUT2D eigenvalue weighted by molar-refractivity contribution is 5.83. The summed E-state index contributed by atoms with van der Waals surface area (Å²) in [6, 6.07) is 0.0705. The molecule has 0 saturated carbocycles. The van der Waals surface area contributed by atoms with E-state index in [1.807, 2.05) is 4.90 Å². The summed E-state index contributed by atoms with van der Waals surface area (Å²) < 4.78 is 0. The molecule has 18 heavy (non-hydrogen) atoms. The molecule has 0 bridgehead atoms. The summed E-state index contributed by atoms with van der Waals surface area (Å²) in [7, 11) is 0. The van der Waals surface area contributed by atoms with Crippen molar-refractivity contribution in [1.29, 1.82) is 0 Å². The molecule has 4 heteroatoms. The van der Waals surface area contributed by atoms with Crippen molar-refractivity contribution in [3.05, 3.63) is 0 Å². The average Bonchev–Trinajstić information content (AvgIpc) is 2.87. The van der Waals surface area contributed by atoms with E-state index < -0.39 is 0 Å². The van der Waals surface area contributed by atoms with E-state index in [0.29, 0.717) is 5.91 Å². The van der Waals surface area contributed by atoms with Crippen LogP contribution in [0.15, 0.2) is 0 Å². The number of hydrogen-bond donors (Lipinski definition) is 2. The van der Waals surface area contributed by atoms with Crippen LogP contribution >= 0.6 is 0 Å². The van der Waals surface area contributed by atoms with Crippen molar-refractivity contribution in [2.45, 2.75) is 51.5 Å². The molecule has 104 valence electrons. The lowest BCUT2D eigenvalue weighted by molar-refractivity contribution is -0.146. The van der Waals surface area contributed by atoms with Gasteiger partial charge in [-0.25, -0.2) is 0 Å². The average molecular weight is 254 g/mol. The van der Waals surface area contributed by atoms with Gasteiger partial charge in [-0.3, -0.25) is 4.79 Å². The fourth-order valence-corrected chi connectivity index (χ4v) is 3.55. The van der Waals surface area contributed by atoms with Crippen LogP contribution in [0.1, 0.15) is 45.4 Å². The Hall–Kier alpha value is -0.610. The predicted octanol–water partition coefficient (Wildman–Crippen LogP) is 1.14. The molecule has 1 atom stereocenters. The van der Waals surface area contributed by atoms with Crippen LogP contribution in [0.2, 0.25) is 0 Å². The van der Waals surface area contributed by atoms with Gasteiger partial charge in [0.2, 0.25) is 5.91 Å². The number of piperidine rings is 1. The Morgan fingerprint density at radius 3 is 2.78 bits per heavy atom. The third-order valence-electron chi connectivity index (χ3n) is 4.59. The molecular weight excluding hydrogens is 228 g/mol. The maximum absolute atomic E-state index is 12.9. The Bertz CT molecular complexity index is 282. The molecular formula is C14H26N2O2. The van der Waals surface area contributed by atoms with Crippen molar-refractivity contribution in [3.8, 4) is 0 Å². The van der Waals surface area contributed by atoms with E-state index in [9.17, 15) is 9.90 Å². The molecule has 2 rings (SSSR count). The molecule has 2 aliphatic heterocycles. The van der Waals surface area contributed by atoms with Crippen LogP contribution in [-0.4, -0.2) is 48.2 Å². The van der Waals surface area contributed by atoms with Crippen LogP contribution in [0.5, 0.6) is 0 Å². The first kappa shape index (κ1) is 13.8. The lowest BCUT2D eigenvalue weighted by atomic mass is 9.74. The summed E-state index contributed by atoms with van der Waals surface area (Å²) in [6.45, 7) is 5.01. The number of nitrogens with zero attached hydrogens (tertiary/aromatic N) is 1. The number of likely N-dealkylation sites (tertiary alicyclic amines) is 1. The van der Waals surface area contributed by atoms with E-state index in [4.69, 9.17) is 0 Å². The van der Waals surface area contributed by atoms with E-state index in [0.717, 1.165) is 58.2 Å². The Labute approximate surface area is 110 Å². The highest BCUT2D eigenvalue weighted by Gasteiger charge is 2.43. The largest absolute Gasteiger partial charge is 0.394 e. The molecule has 2 fully saturated rings. The molecule has 0 aromatic carbocycles. The molecule has 0 aliphatic carbocycles. The molecule has 0 aromatic heterocycles. The van der Waals surface area contributed by atoms with Gasteiger partial charge in [0.25, 0.3) is 0 Å². The van der Waals surface area contributed by atoms with E-state index in [2.05, 4.69) is 12.2 Å². The minimum Gasteiger partial charge on any atom is -0.394 e. The molecule has 1 unspecified atom stereocenters. The molecule has 0 spiro atoms. The summed E-state index contributed by atoms with van der Waals surface area (Å²) in [4.78, 5) is 14.8. The molecule has 2 N–H and O–H groups in total. The van der Waals surface area contributed by atoms with Crippen LogP contribution in [-0.2, 0) is 4.79 Å². The zero-order valence-corrected chi connectivity index (χ0v) is 11.5. The topological polar surface area (TPSA) is 52.6 Å². The van der Waals surface area contributed by atoms with Gasteiger partial charge in [0.05, 0.1) is 18.1 Å². The SMILES string of the molecule is CCCC1(C(=O)N2CCCC2CO)CCNCC1. The van der Waals surface area contributed by atoms with Crippen molar-refractivity contribution >= 4 is 5.91 Å². The summed E-state index contributed by atoms with van der Waals surface area (Å²) in [6.07, 6.45) is 5.95. The number of carbonyl (C=O) groups excluding carboxylic acids is 1. The lowest BCUT2D eigenvalue weighted by Crippen LogP contribution is -2.51. The van der Waals surface area contributed by atoms with Gasteiger partial charge >= 0.3 is 0 Å². The van der Waals surface area contributed by atoms with Crippen molar-refractivity contribution in [2.24, 2.45) is 5.41 Å². The third kappa shape index (κ3) is 2.54. The van der Waals surface area contributed by atoms with Crippen molar-refractivity contribution < 1.29 is 9.90 Å². The summed E-state index contributed by atoms with van der Waals surface area (Å²) in [5, 5.41) is 12.7. The quantitative estimate of drug-likeness (QED) is 0.791. The second-order valence-corrected chi connectivity index (χ2v) is 5.76.